The van der Waals surface area contributed by atoms with Gasteiger partial charge in [-0.05, 0) is 44.7 Å². The molecule has 0 radical (unpaired) electrons. The fourth-order valence-corrected chi connectivity index (χ4v) is 6.03. The van der Waals surface area contributed by atoms with Crippen molar-refractivity contribution in [1.82, 2.24) is 5.32 Å². The van der Waals surface area contributed by atoms with Crippen LogP contribution in [0.4, 0.5) is 19.3 Å². The van der Waals surface area contributed by atoms with Crippen LogP contribution in [0.15, 0.2) is 28.7 Å². The number of hydrogen-bond donors (Lipinski definition) is 3. The van der Waals surface area contributed by atoms with E-state index in [1.54, 1.807) is 0 Å². The Morgan fingerprint density at radius 1 is 1.32 bits per heavy atom. The molecule has 1 aromatic rings. The molecule has 6 nitrogen and oxygen atoms in total. The summed E-state index contributed by atoms with van der Waals surface area (Å²) in [5.74, 6) is -1.67. The third kappa shape index (κ3) is 3.96. The summed E-state index contributed by atoms with van der Waals surface area (Å²) in [4.78, 5) is 11.7. The quantitative estimate of drug-likeness (QED) is 0.480. The molecule has 3 N–H and O–H groups in total. The minimum atomic E-state index is -4.12. The van der Waals surface area contributed by atoms with Gasteiger partial charge in [0.1, 0.15) is 4.90 Å². The molecule has 0 bridgehead atoms. The molecule has 28 heavy (non-hydrogen) atoms. The van der Waals surface area contributed by atoms with Gasteiger partial charge in [-0.3, -0.25) is 0 Å². The Labute approximate surface area is 166 Å². The maximum Gasteiger partial charge on any atom is 0.319 e. The first kappa shape index (κ1) is 20.9. The van der Waals surface area contributed by atoms with Gasteiger partial charge in [0.2, 0.25) is 6.43 Å². The number of rotatable bonds is 5. The van der Waals surface area contributed by atoms with Gasteiger partial charge in [0.15, 0.2) is 15.6 Å². The van der Waals surface area contributed by atoms with Gasteiger partial charge >= 0.3 is 6.03 Å². The Hall–Kier alpha value is -1.87. The molecule has 1 unspecified atom stereocenters. The first-order valence-corrected chi connectivity index (χ1v) is 10.8. The van der Waals surface area contributed by atoms with Crippen molar-refractivity contribution in [1.29, 1.82) is 0 Å². The van der Waals surface area contributed by atoms with E-state index in [0.717, 1.165) is 18.4 Å². The summed E-state index contributed by atoms with van der Waals surface area (Å²) in [6, 6.07) is 1.81. The number of amides is 2. The average Bonchev–Trinajstić information content (AvgIpc) is 2.92. The number of allylic oxidation sites excluding steroid dienone is 1. The summed E-state index contributed by atoms with van der Waals surface area (Å²) in [5.41, 5.74) is 0.905. The van der Waals surface area contributed by atoms with E-state index in [-0.39, 0.29) is 29.6 Å². The third-order valence-electron chi connectivity index (χ3n) is 5.32. The van der Waals surface area contributed by atoms with E-state index in [4.69, 9.17) is 11.6 Å². The second-order valence-electron chi connectivity index (χ2n) is 7.18. The predicted octanol–water partition coefficient (Wildman–Crippen LogP) is 4.09. The molecule has 1 atom stereocenters. The monoisotopic (exact) mass is 434 g/mol. The van der Waals surface area contributed by atoms with Crippen molar-refractivity contribution in [2.75, 3.05) is 5.32 Å². The Morgan fingerprint density at radius 2 is 2.00 bits per heavy atom. The van der Waals surface area contributed by atoms with Crippen LogP contribution in [-0.4, -0.2) is 37.3 Å². The number of benzene rings is 1. The molecule has 1 fully saturated rings. The van der Waals surface area contributed by atoms with Crippen LogP contribution in [-0.2, 0) is 9.84 Å². The third-order valence-corrected chi connectivity index (χ3v) is 7.99. The van der Waals surface area contributed by atoms with Crippen molar-refractivity contribution >= 4 is 33.2 Å². The Morgan fingerprint density at radius 3 is 2.57 bits per heavy atom. The minimum Gasteiger partial charge on any atom is -0.504 e. The minimum absolute atomic E-state index is 0.121. The molecular weight excluding hydrogens is 414 g/mol. The van der Waals surface area contributed by atoms with Crippen molar-refractivity contribution in [2.45, 2.75) is 55.2 Å². The summed E-state index contributed by atoms with van der Waals surface area (Å²) in [7, 11) is -4.12. The number of alkyl halides is 2. The number of urea groups is 1. The smallest absolute Gasteiger partial charge is 0.319 e. The van der Waals surface area contributed by atoms with Gasteiger partial charge in [-0.25, -0.2) is 22.0 Å². The highest BCUT2D eigenvalue weighted by molar-refractivity contribution is 7.92. The van der Waals surface area contributed by atoms with Crippen molar-refractivity contribution in [3.8, 4) is 5.75 Å². The average molecular weight is 435 g/mol. The van der Waals surface area contributed by atoms with Gasteiger partial charge in [-0.2, -0.15) is 0 Å². The predicted molar refractivity (Wildman–Crippen MR) is 102 cm³/mol. The van der Waals surface area contributed by atoms with Crippen molar-refractivity contribution in [2.24, 2.45) is 5.92 Å². The number of carbonyl (C=O) groups is 1. The Kier molecular flexibility index (Phi) is 5.86. The lowest BCUT2D eigenvalue weighted by atomic mass is 9.85. The lowest BCUT2D eigenvalue weighted by Crippen LogP contribution is -2.39. The van der Waals surface area contributed by atoms with E-state index >= 15 is 0 Å². The molecule has 1 aromatic carbocycles. The summed E-state index contributed by atoms with van der Waals surface area (Å²) in [6.07, 6.45) is 0.661. The molecule has 0 spiro atoms. The number of nitrogens with one attached hydrogen (secondary N) is 2. The van der Waals surface area contributed by atoms with Crippen LogP contribution in [0.25, 0.3) is 0 Å². The maximum atomic E-state index is 12.8. The van der Waals surface area contributed by atoms with Gasteiger partial charge in [0.25, 0.3) is 0 Å². The van der Waals surface area contributed by atoms with E-state index in [2.05, 4.69) is 10.6 Å². The Bertz CT molecular complexity index is 914. The topological polar surface area (TPSA) is 95.5 Å². The summed E-state index contributed by atoms with van der Waals surface area (Å²) < 4.78 is 50.9. The SMILES string of the molecule is CC1=CCCC1NC(=O)Nc1ccc(Cl)c(S(=O)(=O)C2CC(C(F)F)C2)c1O. The zero-order chi connectivity index (χ0) is 20.6. The normalized spacial score (nSPS) is 24.6. The van der Waals surface area contributed by atoms with Crippen molar-refractivity contribution in [3.05, 3.63) is 28.8 Å². The highest BCUT2D eigenvalue weighted by atomic mass is 35.5. The number of phenols is 1. The molecule has 2 amide bonds. The van der Waals surface area contributed by atoms with Crippen LogP contribution in [0.1, 0.15) is 32.6 Å². The van der Waals surface area contributed by atoms with Crippen molar-refractivity contribution < 1.29 is 27.1 Å². The lowest BCUT2D eigenvalue weighted by molar-refractivity contribution is 0.0364. The lowest BCUT2D eigenvalue weighted by Gasteiger charge is -2.34. The van der Waals surface area contributed by atoms with Crippen molar-refractivity contribution in [3.63, 3.8) is 0 Å². The fourth-order valence-electron chi connectivity index (χ4n) is 3.50. The molecule has 1 saturated carbocycles. The second kappa shape index (κ2) is 7.87. The van der Waals surface area contributed by atoms with E-state index in [0.29, 0.717) is 0 Å². The number of carbonyl (C=O) groups excluding carboxylic acids is 1. The molecule has 0 heterocycles. The first-order chi connectivity index (χ1) is 13.1. The molecule has 3 rings (SSSR count). The first-order valence-electron chi connectivity index (χ1n) is 8.89. The highest BCUT2D eigenvalue weighted by Gasteiger charge is 2.45. The Balaban J connectivity index is 1.78. The molecule has 2 aliphatic rings. The molecule has 0 aliphatic heterocycles. The number of phenolic OH excluding ortho intramolecular Hbond substituents is 1. The number of aromatic hydroxyl groups is 1. The summed E-state index contributed by atoms with van der Waals surface area (Å²) >= 11 is 5.98. The number of sulfone groups is 1. The van der Waals surface area contributed by atoms with E-state index in [9.17, 15) is 27.1 Å². The van der Waals surface area contributed by atoms with Gasteiger partial charge in [-0.15, -0.1) is 0 Å². The molecule has 154 valence electrons. The van der Waals surface area contributed by atoms with Gasteiger partial charge in [0, 0.05) is 5.92 Å². The molecule has 0 saturated heterocycles. The summed E-state index contributed by atoms with van der Waals surface area (Å²) in [5, 5.41) is 14.4. The zero-order valence-electron chi connectivity index (χ0n) is 15.1. The van der Waals surface area contributed by atoms with Crippen LogP contribution >= 0.6 is 11.6 Å². The van der Waals surface area contributed by atoms with Crippen LogP contribution in [0.3, 0.4) is 0 Å². The summed E-state index contributed by atoms with van der Waals surface area (Å²) in [6.45, 7) is 1.90. The number of halogens is 3. The van der Waals surface area contributed by atoms with Crippen LogP contribution in [0, 0.1) is 5.92 Å². The largest absolute Gasteiger partial charge is 0.504 e. The van der Waals surface area contributed by atoms with Crippen LogP contribution in [0.2, 0.25) is 5.02 Å². The molecular formula is C18H21ClF2N2O4S. The second-order valence-corrected chi connectivity index (χ2v) is 9.75. The zero-order valence-corrected chi connectivity index (χ0v) is 16.7. The standard InChI is InChI=1S/C18H21ClF2N2O4S/c1-9-3-2-4-13(9)22-18(25)23-14-6-5-12(19)16(15(14)24)28(26,27)11-7-10(8-11)17(20)21/h3,5-6,10-11,13,17,24H,2,4,7-8H2,1H3,(H2,22,23,25). The molecule has 2 aliphatic carbocycles. The van der Waals surface area contributed by atoms with Gasteiger partial charge in [0.05, 0.1) is 22.0 Å². The van der Waals surface area contributed by atoms with E-state index < -0.39 is 44.1 Å². The number of hydrogen-bond acceptors (Lipinski definition) is 4. The van der Waals surface area contributed by atoms with Gasteiger partial charge in [-0.1, -0.05) is 23.3 Å². The van der Waals surface area contributed by atoms with E-state index in [1.807, 2.05) is 13.0 Å². The maximum absolute atomic E-state index is 12.8. The van der Waals surface area contributed by atoms with E-state index in [1.165, 1.54) is 12.1 Å². The number of anilines is 1. The fraction of sp³-hybridized carbons (Fsp3) is 0.500. The molecule has 10 heteroatoms. The van der Waals surface area contributed by atoms with Crippen LogP contribution < -0.4 is 10.6 Å². The van der Waals surface area contributed by atoms with Gasteiger partial charge < -0.3 is 15.7 Å². The highest BCUT2D eigenvalue weighted by Crippen LogP contribution is 2.45. The molecule has 0 aromatic heterocycles. The van der Waals surface area contributed by atoms with Crippen LogP contribution in [0.5, 0.6) is 5.75 Å².